The van der Waals surface area contributed by atoms with Crippen LogP contribution in [0, 0.1) is 0 Å². The van der Waals surface area contributed by atoms with Crippen molar-refractivity contribution in [3.63, 3.8) is 0 Å². The summed E-state index contributed by atoms with van der Waals surface area (Å²) in [7, 11) is -3.36. The van der Waals surface area contributed by atoms with E-state index in [4.69, 9.17) is 4.74 Å². The van der Waals surface area contributed by atoms with Crippen LogP contribution in [0.15, 0.2) is 43.0 Å². The monoisotopic (exact) mass is 399 g/mol. The molecule has 8 nitrogen and oxygen atoms in total. The first-order valence-electron chi connectivity index (χ1n) is 9.09. The van der Waals surface area contributed by atoms with E-state index < -0.39 is 10.0 Å². The molecular weight excluding hydrogens is 378 g/mol. The molecule has 3 heterocycles. The highest BCUT2D eigenvalue weighted by Crippen LogP contribution is 2.29. The molecule has 1 aliphatic rings. The highest BCUT2D eigenvalue weighted by molar-refractivity contribution is 7.92. The van der Waals surface area contributed by atoms with Gasteiger partial charge in [0, 0.05) is 30.2 Å². The minimum atomic E-state index is -3.36. The van der Waals surface area contributed by atoms with Gasteiger partial charge in [0.1, 0.15) is 12.1 Å². The van der Waals surface area contributed by atoms with E-state index in [0.29, 0.717) is 18.9 Å². The SMILES string of the molecule is CCS(=O)(=O)Nc1cncc(-c2ccc3ncnc(N4CCOCC4)c3c2)c1. The second-order valence-corrected chi connectivity index (χ2v) is 8.51. The van der Waals surface area contributed by atoms with Crippen LogP contribution in [-0.4, -0.2) is 55.4 Å². The molecule has 0 radical (unpaired) electrons. The Morgan fingerprint density at radius 2 is 1.93 bits per heavy atom. The van der Waals surface area contributed by atoms with Gasteiger partial charge in [0.15, 0.2) is 0 Å². The highest BCUT2D eigenvalue weighted by atomic mass is 32.2. The molecule has 0 unspecified atom stereocenters. The lowest BCUT2D eigenvalue weighted by atomic mass is 10.0. The molecule has 1 N–H and O–H groups in total. The number of hydrogen-bond donors (Lipinski definition) is 1. The van der Waals surface area contributed by atoms with Crippen molar-refractivity contribution >= 4 is 32.4 Å². The van der Waals surface area contributed by atoms with Gasteiger partial charge in [-0.05, 0) is 30.7 Å². The van der Waals surface area contributed by atoms with Gasteiger partial charge < -0.3 is 9.64 Å². The maximum Gasteiger partial charge on any atom is 0.232 e. The predicted octanol–water partition coefficient (Wildman–Crippen LogP) is 2.29. The normalized spacial score (nSPS) is 15.0. The molecule has 146 valence electrons. The van der Waals surface area contributed by atoms with E-state index in [0.717, 1.165) is 40.9 Å². The minimum Gasteiger partial charge on any atom is -0.378 e. The summed E-state index contributed by atoms with van der Waals surface area (Å²) in [4.78, 5) is 15.2. The Balaban J connectivity index is 1.73. The first-order chi connectivity index (χ1) is 13.6. The molecule has 1 aromatic carbocycles. The summed E-state index contributed by atoms with van der Waals surface area (Å²) in [5, 5.41) is 0.946. The molecule has 0 aliphatic carbocycles. The zero-order valence-corrected chi connectivity index (χ0v) is 16.3. The lowest BCUT2D eigenvalue weighted by Crippen LogP contribution is -2.36. The molecule has 28 heavy (non-hydrogen) atoms. The number of morpholine rings is 1. The molecule has 0 bridgehead atoms. The third-order valence-electron chi connectivity index (χ3n) is 4.65. The predicted molar refractivity (Wildman–Crippen MR) is 109 cm³/mol. The second-order valence-electron chi connectivity index (χ2n) is 6.50. The van der Waals surface area contributed by atoms with Gasteiger partial charge in [0.05, 0.1) is 36.4 Å². The van der Waals surface area contributed by atoms with Gasteiger partial charge in [-0.2, -0.15) is 0 Å². The van der Waals surface area contributed by atoms with Crippen LogP contribution in [0.3, 0.4) is 0 Å². The van der Waals surface area contributed by atoms with Crippen molar-refractivity contribution in [2.75, 3.05) is 41.7 Å². The largest absolute Gasteiger partial charge is 0.378 e. The average Bonchev–Trinajstić information content (AvgIpc) is 2.73. The number of rotatable bonds is 5. The zero-order valence-electron chi connectivity index (χ0n) is 15.5. The molecule has 9 heteroatoms. The summed E-state index contributed by atoms with van der Waals surface area (Å²) in [5.74, 6) is 0.888. The van der Waals surface area contributed by atoms with Gasteiger partial charge in [-0.3, -0.25) is 9.71 Å². The lowest BCUT2D eigenvalue weighted by Gasteiger charge is -2.28. The number of ether oxygens (including phenoxy) is 1. The van der Waals surface area contributed by atoms with Crippen LogP contribution in [0.25, 0.3) is 22.0 Å². The average molecular weight is 399 g/mol. The Morgan fingerprint density at radius 3 is 2.71 bits per heavy atom. The van der Waals surface area contributed by atoms with Gasteiger partial charge in [-0.1, -0.05) is 6.07 Å². The standard InChI is InChI=1S/C19H21N5O3S/c1-2-28(25,26)23-16-9-15(11-20-12-16)14-3-4-18-17(10-14)19(22-13-21-18)24-5-7-27-8-6-24/h3-4,9-13,23H,2,5-8H2,1H3. The number of nitrogens with zero attached hydrogens (tertiary/aromatic N) is 4. The third-order valence-corrected chi connectivity index (χ3v) is 5.96. The Hall–Kier alpha value is -2.78. The quantitative estimate of drug-likeness (QED) is 0.703. The Bertz CT molecular complexity index is 1100. The molecular formula is C19H21N5O3S. The van der Waals surface area contributed by atoms with E-state index >= 15 is 0 Å². The van der Waals surface area contributed by atoms with E-state index in [-0.39, 0.29) is 5.75 Å². The summed E-state index contributed by atoms with van der Waals surface area (Å²) >= 11 is 0. The summed E-state index contributed by atoms with van der Waals surface area (Å²) in [6.07, 6.45) is 4.79. The molecule has 3 aromatic rings. The summed E-state index contributed by atoms with van der Waals surface area (Å²) in [6, 6.07) is 7.70. The van der Waals surface area contributed by atoms with Gasteiger partial charge >= 0.3 is 0 Å². The topological polar surface area (TPSA) is 97.3 Å². The number of fused-ring (bicyclic) bond motifs is 1. The van der Waals surface area contributed by atoms with Gasteiger partial charge in [0.25, 0.3) is 0 Å². The first kappa shape index (κ1) is 18.6. The summed E-state index contributed by atoms with van der Waals surface area (Å²) in [6.45, 7) is 4.51. The molecule has 1 saturated heterocycles. The number of benzene rings is 1. The molecule has 0 saturated carbocycles. The second kappa shape index (κ2) is 7.69. The van der Waals surface area contributed by atoms with Crippen LogP contribution >= 0.6 is 0 Å². The summed E-state index contributed by atoms with van der Waals surface area (Å²) < 4.78 is 31.7. The van der Waals surface area contributed by atoms with Crippen molar-refractivity contribution < 1.29 is 13.2 Å². The van der Waals surface area contributed by atoms with Crippen LogP contribution in [0.1, 0.15) is 6.92 Å². The van der Waals surface area contributed by atoms with Gasteiger partial charge in [-0.25, -0.2) is 18.4 Å². The molecule has 1 fully saturated rings. The van der Waals surface area contributed by atoms with Crippen LogP contribution < -0.4 is 9.62 Å². The molecule has 2 aromatic heterocycles. The first-order valence-corrected chi connectivity index (χ1v) is 10.7. The fourth-order valence-electron chi connectivity index (χ4n) is 3.16. The van der Waals surface area contributed by atoms with Crippen molar-refractivity contribution in [3.8, 4) is 11.1 Å². The lowest BCUT2D eigenvalue weighted by molar-refractivity contribution is 0.122. The fourth-order valence-corrected chi connectivity index (χ4v) is 3.77. The Morgan fingerprint density at radius 1 is 1.11 bits per heavy atom. The Labute approximate surface area is 163 Å². The number of hydrogen-bond acceptors (Lipinski definition) is 7. The Kier molecular flexibility index (Phi) is 5.10. The smallest absolute Gasteiger partial charge is 0.232 e. The molecule has 0 atom stereocenters. The van der Waals surface area contributed by atoms with E-state index in [1.165, 1.54) is 6.20 Å². The number of sulfonamides is 1. The maximum atomic E-state index is 11.8. The van der Waals surface area contributed by atoms with E-state index in [2.05, 4.69) is 24.6 Å². The van der Waals surface area contributed by atoms with Crippen molar-refractivity contribution in [1.29, 1.82) is 0 Å². The van der Waals surface area contributed by atoms with Crippen molar-refractivity contribution in [2.24, 2.45) is 0 Å². The number of anilines is 2. The summed E-state index contributed by atoms with van der Waals surface area (Å²) in [5.41, 5.74) is 3.03. The van der Waals surface area contributed by atoms with Crippen molar-refractivity contribution in [2.45, 2.75) is 6.92 Å². The minimum absolute atomic E-state index is 0.00739. The highest BCUT2D eigenvalue weighted by Gasteiger charge is 2.16. The van der Waals surface area contributed by atoms with E-state index in [1.54, 1.807) is 25.5 Å². The van der Waals surface area contributed by atoms with Crippen LogP contribution in [-0.2, 0) is 14.8 Å². The molecule has 1 aliphatic heterocycles. The third kappa shape index (κ3) is 3.90. The van der Waals surface area contributed by atoms with E-state index in [1.807, 2.05) is 18.2 Å². The van der Waals surface area contributed by atoms with Crippen LogP contribution in [0.5, 0.6) is 0 Å². The molecule has 0 amide bonds. The number of nitrogens with one attached hydrogen (secondary N) is 1. The van der Waals surface area contributed by atoms with Crippen molar-refractivity contribution in [1.82, 2.24) is 15.0 Å². The zero-order chi connectivity index (χ0) is 19.6. The molecule has 0 spiro atoms. The van der Waals surface area contributed by atoms with E-state index in [9.17, 15) is 8.42 Å². The fraction of sp³-hybridized carbons (Fsp3) is 0.316. The van der Waals surface area contributed by atoms with Crippen molar-refractivity contribution in [3.05, 3.63) is 43.0 Å². The maximum absolute atomic E-state index is 11.8. The van der Waals surface area contributed by atoms with Crippen LogP contribution in [0.2, 0.25) is 0 Å². The van der Waals surface area contributed by atoms with Gasteiger partial charge in [0.2, 0.25) is 10.0 Å². The molecule has 4 rings (SSSR count). The number of pyridine rings is 1. The number of aromatic nitrogens is 3. The van der Waals surface area contributed by atoms with Gasteiger partial charge in [-0.15, -0.1) is 0 Å². The van der Waals surface area contributed by atoms with Crippen LogP contribution in [0.4, 0.5) is 11.5 Å².